The molecule has 0 aliphatic carbocycles. The molecule has 146 valence electrons. The zero-order valence-corrected chi connectivity index (χ0v) is 16.6. The topological polar surface area (TPSA) is 83.2 Å². The Morgan fingerprint density at radius 1 is 1.00 bits per heavy atom. The minimum absolute atomic E-state index is 0.145. The molecule has 8 heteroatoms. The van der Waals surface area contributed by atoms with E-state index in [2.05, 4.69) is 51.0 Å². The summed E-state index contributed by atoms with van der Waals surface area (Å²) in [6.07, 6.45) is 5.35. The zero-order chi connectivity index (χ0) is 19.8. The zero-order valence-electron chi connectivity index (χ0n) is 16.6. The summed E-state index contributed by atoms with van der Waals surface area (Å²) in [6.45, 7) is 6.14. The Bertz CT molecular complexity index is 957. The van der Waals surface area contributed by atoms with Gasteiger partial charge in [-0.3, -0.25) is 9.58 Å². The van der Waals surface area contributed by atoms with E-state index in [0.29, 0.717) is 29.3 Å². The summed E-state index contributed by atoms with van der Waals surface area (Å²) in [5.41, 5.74) is 3.00. The molecule has 2 atom stereocenters. The average Bonchev–Trinajstić information content (AvgIpc) is 3.12. The molecule has 0 radical (unpaired) electrons. The number of aromatic hydroxyl groups is 1. The van der Waals surface area contributed by atoms with Crippen LogP contribution in [0.2, 0.25) is 0 Å². The molecule has 1 saturated heterocycles. The van der Waals surface area contributed by atoms with Crippen LogP contribution in [0, 0.1) is 0 Å². The van der Waals surface area contributed by atoms with Crippen molar-refractivity contribution in [3.05, 3.63) is 36.8 Å². The number of hydrogen-bond acceptors (Lipinski definition) is 7. The van der Waals surface area contributed by atoms with Crippen LogP contribution in [0.15, 0.2) is 36.8 Å². The molecule has 8 nitrogen and oxygen atoms in total. The Kier molecular flexibility index (Phi) is 4.72. The number of aryl methyl sites for hydroxylation is 1. The fourth-order valence-electron chi connectivity index (χ4n) is 3.60. The third kappa shape index (κ3) is 3.43. The van der Waals surface area contributed by atoms with E-state index in [1.807, 2.05) is 25.4 Å². The first kappa shape index (κ1) is 18.4. The van der Waals surface area contributed by atoms with Crippen LogP contribution in [0.1, 0.15) is 13.8 Å². The van der Waals surface area contributed by atoms with Gasteiger partial charge in [-0.15, -0.1) is 10.2 Å². The summed E-state index contributed by atoms with van der Waals surface area (Å²) in [7, 11) is 4.01. The smallest absolute Gasteiger partial charge is 0.245 e. The highest BCUT2D eigenvalue weighted by atomic mass is 16.3. The predicted octanol–water partition coefficient (Wildman–Crippen LogP) is 2.17. The van der Waals surface area contributed by atoms with Gasteiger partial charge in [0.2, 0.25) is 5.95 Å². The molecule has 0 amide bonds. The highest BCUT2D eigenvalue weighted by Gasteiger charge is 2.28. The lowest BCUT2D eigenvalue weighted by Gasteiger charge is -2.42. The number of benzene rings is 1. The molecule has 1 aliphatic rings. The number of phenolic OH excluding ortho intramolecular Hbond substituents is 1. The Balaban J connectivity index is 1.56. The Hall–Kier alpha value is -3.00. The lowest BCUT2D eigenvalue weighted by Crippen LogP contribution is -2.55. The van der Waals surface area contributed by atoms with Gasteiger partial charge >= 0.3 is 0 Å². The van der Waals surface area contributed by atoms with Gasteiger partial charge in [0.05, 0.1) is 12.4 Å². The van der Waals surface area contributed by atoms with Crippen LogP contribution in [0.5, 0.6) is 5.75 Å². The van der Waals surface area contributed by atoms with E-state index >= 15 is 0 Å². The quantitative estimate of drug-likeness (QED) is 0.747. The molecule has 2 aromatic heterocycles. The third-order valence-electron chi connectivity index (χ3n) is 5.50. The first-order valence-corrected chi connectivity index (χ1v) is 9.41. The van der Waals surface area contributed by atoms with E-state index in [1.54, 1.807) is 23.1 Å². The number of hydrogen-bond donors (Lipinski definition) is 1. The summed E-state index contributed by atoms with van der Waals surface area (Å²) < 4.78 is 1.73. The van der Waals surface area contributed by atoms with Gasteiger partial charge in [0.1, 0.15) is 11.4 Å². The highest BCUT2D eigenvalue weighted by Crippen LogP contribution is 2.32. The second kappa shape index (κ2) is 7.20. The Morgan fingerprint density at radius 3 is 2.32 bits per heavy atom. The van der Waals surface area contributed by atoms with Crippen LogP contribution in [-0.4, -0.2) is 67.2 Å². The number of piperazine rings is 1. The number of likely N-dealkylation sites (N-methyl/N-ethyl adjacent to an activating group) is 1. The predicted molar refractivity (Wildman–Crippen MR) is 108 cm³/mol. The maximum absolute atomic E-state index is 10.5. The van der Waals surface area contributed by atoms with E-state index in [4.69, 9.17) is 0 Å². The van der Waals surface area contributed by atoms with Gasteiger partial charge in [-0.05, 0) is 38.6 Å². The fraction of sp³-hybridized carbons (Fsp3) is 0.400. The minimum Gasteiger partial charge on any atom is -0.507 e. The van der Waals surface area contributed by atoms with Crippen molar-refractivity contribution in [1.82, 2.24) is 29.9 Å². The van der Waals surface area contributed by atoms with E-state index in [0.717, 1.165) is 24.2 Å². The fourth-order valence-corrected chi connectivity index (χ4v) is 3.60. The van der Waals surface area contributed by atoms with Crippen molar-refractivity contribution in [3.8, 4) is 28.1 Å². The molecule has 1 aromatic carbocycles. The highest BCUT2D eigenvalue weighted by molar-refractivity contribution is 5.73. The normalized spacial score (nSPS) is 20.5. The van der Waals surface area contributed by atoms with Crippen LogP contribution in [0.4, 0.5) is 5.95 Å². The second-order valence-electron chi connectivity index (χ2n) is 7.55. The molecule has 1 aliphatic heterocycles. The van der Waals surface area contributed by atoms with Crippen LogP contribution in [0.25, 0.3) is 22.4 Å². The van der Waals surface area contributed by atoms with Crippen LogP contribution in [-0.2, 0) is 7.05 Å². The molecule has 1 N–H and O–H groups in total. The van der Waals surface area contributed by atoms with Crippen molar-refractivity contribution in [2.75, 3.05) is 25.0 Å². The van der Waals surface area contributed by atoms with E-state index in [9.17, 15) is 5.11 Å². The number of phenols is 1. The van der Waals surface area contributed by atoms with Crippen LogP contribution >= 0.6 is 0 Å². The first-order valence-electron chi connectivity index (χ1n) is 9.41. The van der Waals surface area contributed by atoms with E-state index in [1.165, 1.54) is 0 Å². The van der Waals surface area contributed by atoms with Crippen LogP contribution < -0.4 is 4.90 Å². The Labute approximate surface area is 164 Å². The molecule has 0 bridgehead atoms. The van der Waals surface area contributed by atoms with Crippen molar-refractivity contribution >= 4 is 5.95 Å². The largest absolute Gasteiger partial charge is 0.507 e. The third-order valence-corrected chi connectivity index (χ3v) is 5.50. The maximum Gasteiger partial charge on any atom is 0.245 e. The molecule has 4 rings (SSSR count). The second-order valence-corrected chi connectivity index (χ2v) is 7.55. The number of rotatable bonds is 3. The average molecular weight is 379 g/mol. The van der Waals surface area contributed by atoms with Gasteiger partial charge in [0.15, 0.2) is 0 Å². The van der Waals surface area contributed by atoms with Crippen molar-refractivity contribution in [2.45, 2.75) is 25.9 Å². The van der Waals surface area contributed by atoms with Crippen molar-refractivity contribution in [3.63, 3.8) is 0 Å². The summed E-state index contributed by atoms with van der Waals surface area (Å²) in [5, 5.41) is 23.3. The van der Waals surface area contributed by atoms with Gasteiger partial charge < -0.3 is 10.0 Å². The van der Waals surface area contributed by atoms with Gasteiger partial charge in [-0.1, -0.05) is 6.07 Å². The standard InChI is InChI=1S/C20H25N7O/c1-13-10-27(11-14(2)26(13)4)20-21-9-18(23-24-20)17-6-5-15(7-19(17)28)16-8-22-25(3)12-16/h5-9,12-14,28H,10-11H2,1-4H3/t13-,14+. The molecule has 0 unspecified atom stereocenters. The Morgan fingerprint density at radius 2 is 1.75 bits per heavy atom. The van der Waals surface area contributed by atoms with Gasteiger partial charge in [0.25, 0.3) is 0 Å². The maximum atomic E-state index is 10.5. The summed E-state index contributed by atoms with van der Waals surface area (Å²) in [6, 6.07) is 6.34. The van der Waals surface area contributed by atoms with Gasteiger partial charge in [0, 0.05) is 49.5 Å². The lowest BCUT2D eigenvalue weighted by atomic mass is 10.0. The van der Waals surface area contributed by atoms with Crippen molar-refractivity contribution in [2.24, 2.45) is 7.05 Å². The minimum atomic E-state index is 0.145. The SMILES string of the molecule is C[C@@H]1CN(c2ncc(-c3ccc(-c4cnn(C)c4)cc3O)nn2)C[C@H](C)N1C. The summed E-state index contributed by atoms with van der Waals surface area (Å²) in [4.78, 5) is 9.03. The molecule has 3 heterocycles. The molecule has 3 aromatic rings. The van der Waals surface area contributed by atoms with Crippen LogP contribution in [0.3, 0.4) is 0 Å². The van der Waals surface area contributed by atoms with Crippen molar-refractivity contribution in [1.29, 1.82) is 0 Å². The van der Waals surface area contributed by atoms with E-state index < -0.39 is 0 Å². The lowest BCUT2D eigenvalue weighted by molar-refractivity contribution is 0.169. The molecular weight excluding hydrogens is 354 g/mol. The first-order chi connectivity index (χ1) is 13.4. The molecular formula is C20H25N7O. The number of nitrogens with zero attached hydrogens (tertiary/aromatic N) is 7. The van der Waals surface area contributed by atoms with Gasteiger partial charge in [-0.25, -0.2) is 4.98 Å². The molecule has 28 heavy (non-hydrogen) atoms. The van der Waals surface area contributed by atoms with Crippen molar-refractivity contribution < 1.29 is 5.11 Å². The molecule has 0 saturated carbocycles. The molecule has 1 fully saturated rings. The van der Waals surface area contributed by atoms with Gasteiger partial charge in [-0.2, -0.15) is 5.10 Å². The monoisotopic (exact) mass is 379 g/mol. The number of anilines is 1. The van der Waals surface area contributed by atoms with E-state index in [-0.39, 0.29) is 5.75 Å². The summed E-state index contributed by atoms with van der Waals surface area (Å²) in [5.74, 6) is 0.772. The number of aromatic nitrogens is 5. The molecule has 0 spiro atoms. The summed E-state index contributed by atoms with van der Waals surface area (Å²) >= 11 is 0.